The molecule has 0 bridgehead atoms. The van der Waals surface area contributed by atoms with Gasteiger partial charge in [0.05, 0.1) is 6.61 Å². The highest BCUT2D eigenvalue weighted by Crippen LogP contribution is 2.41. The van der Waals surface area contributed by atoms with Gasteiger partial charge in [0.1, 0.15) is 17.9 Å². The van der Waals surface area contributed by atoms with E-state index in [9.17, 15) is 9.59 Å². The lowest BCUT2D eigenvalue weighted by molar-refractivity contribution is -0.126. The highest BCUT2D eigenvalue weighted by molar-refractivity contribution is 6.01. The fourth-order valence-electron chi connectivity index (χ4n) is 6.71. The Morgan fingerprint density at radius 1 is 1.12 bits per heavy atom. The van der Waals surface area contributed by atoms with Crippen LogP contribution in [0.1, 0.15) is 67.3 Å². The first-order valence-corrected chi connectivity index (χ1v) is 12.9. The number of carbonyl (C=O) groups is 2. The highest BCUT2D eigenvalue weighted by atomic mass is 16.5. The number of hydrogen-bond acceptors (Lipinski definition) is 5. The summed E-state index contributed by atoms with van der Waals surface area (Å²) in [6.07, 6.45) is 8.66. The third-order valence-corrected chi connectivity index (χ3v) is 8.82. The molecule has 4 aliphatic heterocycles. The fourth-order valence-corrected chi connectivity index (χ4v) is 6.71. The fraction of sp³-hybridized carbons (Fsp3) is 0.630. The Balaban J connectivity index is 1.11. The zero-order chi connectivity index (χ0) is 23.3. The van der Waals surface area contributed by atoms with Crippen LogP contribution in [0.5, 0.6) is 5.75 Å². The molecule has 1 N–H and O–H groups in total. The summed E-state index contributed by atoms with van der Waals surface area (Å²) in [5, 5.41) is 2.80. The molecule has 34 heavy (non-hydrogen) atoms. The number of amides is 2. The number of allylic oxidation sites excluding steroid dienone is 1. The maximum Gasteiger partial charge on any atom is 0.255 e. The van der Waals surface area contributed by atoms with E-state index in [0.29, 0.717) is 36.4 Å². The van der Waals surface area contributed by atoms with Gasteiger partial charge >= 0.3 is 0 Å². The summed E-state index contributed by atoms with van der Waals surface area (Å²) in [5.41, 5.74) is 2.79. The molecule has 0 aromatic heterocycles. The summed E-state index contributed by atoms with van der Waals surface area (Å²) < 4.78 is 12.3. The molecule has 1 aliphatic carbocycles. The maximum atomic E-state index is 13.0. The standard InChI is InChI=1S/C27H35N3O4/c1-18-5-8-23(25(31)28-18)30-16-19-15-20(6-7-21(19)26(30)32)34-24-4-2-3-22(24)29-12-9-27(10-13-29)11-14-33-17-27/h6-7,15,22-24H,1-5,8-14,16-17H2,(H,28,31). The molecule has 4 heterocycles. The van der Waals surface area contributed by atoms with Gasteiger partial charge in [-0.05, 0) is 93.6 Å². The predicted molar refractivity (Wildman–Crippen MR) is 127 cm³/mol. The van der Waals surface area contributed by atoms with Crippen molar-refractivity contribution < 1.29 is 19.1 Å². The summed E-state index contributed by atoms with van der Waals surface area (Å²) in [7, 11) is 0. The van der Waals surface area contributed by atoms with E-state index in [0.717, 1.165) is 49.7 Å². The molecular weight excluding hydrogens is 430 g/mol. The molecule has 3 saturated heterocycles. The maximum absolute atomic E-state index is 13.0. The smallest absolute Gasteiger partial charge is 0.255 e. The molecule has 3 atom stereocenters. The van der Waals surface area contributed by atoms with Gasteiger partial charge in [-0.15, -0.1) is 0 Å². The molecule has 1 spiro atoms. The van der Waals surface area contributed by atoms with Gasteiger partial charge in [0.25, 0.3) is 5.91 Å². The summed E-state index contributed by atoms with van der Waals surface area (Å²) in [4.78, 5) is 29.8. The number of fused-ring (bicyclic) bond motifs is 1. The molecular formula is C27H35N3O4. The van der Waals surface area contributed by atoms with Crippen LogP contribution in [0.3, 0.4) is 0 Å². The average molecular weight is 466 g/mol. The molecule has 7 nitrogen and oxygen atoms in total. The van der Waals surface area contributed by atoms with E-state index >= 15 is 0 Å². The minimum absolute atomic E-state index is 0.0638. The Labute approximate surface area is 201 Å². The van der Waals surface area contributed by atoms with Crippen molar-refractivity contribution >= 4 is 11.8 Å². The monoisotopic (exact) mass is 465 g/mol. The van der Waals surface area contributed by atoms with Crippen LogP contribution in [0.15, 0.2) is 30.5 Å². The lowest BCUT2D eigenvalue weighted by Gasteiger charge is -2.42. The van der Waals surface area contributed by atoms with Gasteiger partial charge in [-0.2, -0.15) is 0 Å². The van der Waals surface area contributed by atoms with Crippen LogP contribution < -0.4 is 10.1 Å². The van der Waals surface area contributed by atoms with Gasteiger partial charge in [-0.3, -0.25) is 14.5 Å². The number of benzene rings is 1. The minimum atomic E-state index is -0.429. The molecule has 7 heteroatoms. The van der Waals surface area contributed by atoms with Gasteiger partial charge in [-0.25, -0.2) is 0 Å². The van der Waals surface area contributed by atoms with Gasteiger partial charge < -0.3 is 19.7 Å². The molecule has 6 rings (SSSR count). The number of nitrogens with zero attached hydrogens (tertiary/aromatic N) is 2. The number of likely N-dealkylation sites (tertiary alicyclic amines) is 1. The first kappa shape index (κ1) is 22.1. The number of rotatable bonds is 4. The second kappa shape index (κ2) is 8.68. The summed E-state index contributed by atoms with van der Waals surface area (Å²) in [5.74, 6) is 0.644. The largest absolute Gasteiger partial charge is 0.489 e. The Morgan fingerprint density at radius 2 is 1.97 bits per heavy atom. The van der Waals surface area contributed by atoms with Crippen LogP contribution in [0.25, 0.3) is 0 Å². The van der Waals surface area contributed by atoms with E-state index in [1.54, 1.807) is 4.90 Å². The van der Waals surface area contributed by atoms with Crippen molar-refractivity contribution in [1.29, 1.82) is 0 Å². The quantitative estimate of drug-likeness (QED) is 0.739. The number of piperidine rings is 2. The van der Waals surface area contributed by atoms with Crippen molar-refractivity contribution in [2.24, 2.45) is 5.41 Å². The SMILES string of the molecule is C=C1CCC(N2Cc3cc(OC4CCCC4N4CCC5(CCOC5)CC4)ccc3C2=O)C(=O)N1. The highest BCUT2D eigenvalue weighted by Gasteiger charge is 2.43. The zero-order valence-corrected chi connectivity index (χ0v) is 19.9. The molecule has 3 unspecified atom stereocenters. The van der Waals surface area contributed by atoms with Gasteiger partial charge in [0.15, 0.2) is 0 Å². The first-order valence-electron chi connectivity index (χ1n) is 12.9. The van der Waals surface area contributed by atoms with Crippen LogP contribution in [0, 0.1) is 5.41 Å². The average Bonchev–Trinajstić information content (AvgIpc) is 3.55. The molecule has 1 aromatic rings. The van der Waals surface area contributed by atoms with Gasteiger partial charge in [0.2, 0.25) is 5.91 Å². The van der Waals surface area contributed by atoms with Crippen LogP contribution in [0.2, 0.25) is 0 Å². The molecule has 1 aromatic carbocycles. The molecule has 4 fully saturated rings. The number of carbonyl (C=O) groups excluding carboxylic acids is 2. The lowest BCUT2D eigenvalue weighted by Crippen LogP contribution is -2.49. The Morgan fingerprint density at radius 3 is 2.74 bits per heavy atom. The van der Waals surface area contributed by atoms with Crippen molar-refractivity contribution in [3.63, 3.8) is 0 Å². The topological polar surface area (TPSA) is 71.1 Å². The third-order valence-electron chi connectivity index (χ3n) is 8.82. The second-order valence-corrected chi connectivity index (χ2v) is 10.9. The lowest BCUT2D eigenvalue weighted by atomic mass is 9.77. The Kier molecular flexibility index (Phi) is 5.65. The molecule has 0 radical (unpaired) electrons. The van der Waals surface area contributed by atoms with Crippen LogP contribution in [-0.4, -0.2) is 66.1 Å². The normalized spacial score (nSPS) is 31.2. The summed E-state index contributed by atoms with van der Waals surface area (Å²) >= 11 is 0. The first-order chi connectivity index (χ1) is 16.5. The van der Waals surface area contributed by atoms with Crippen molar-refractivity contribution in [2.75, 3.05) is 26.3 Å². The minimum Gasteiger partial charge on any atom is -0.489 e. The Hall–Kier alpha value is -2.38. The van der Waals surface area contributed by atoms with E-state index in [1.807, 2.05) is 18.2 Å². The van der Waals surface area contributed by atoms with Crippen LogP contribution in [-0.2, 0) is 16.1 Å². The summed E-state index contributed by atoms with van der Waals surface area (Å²) in [6, 6.07) is 5.86. The molecule has 2 amide bonds. The van der Waals surface area contributed by atoms with Crippen LogP contribution >= 0.6 is 0 Å². The van der Waals surface area contributed by atoms with Crippen molar-refractivity contribution in [1.82, 2.24) is 15.1 Å². The molecule has 182 valence electrons. The van der Waals surface area contributed by atoms with Crippen molar-refractivity contribution in [2.45, 2.75) is 76.1 Å². The predicted octanol–water partition coefficient (Wildman–Crippen LogP) is 3.24. The van der Waals surface area contributed by atoms with Gasteiger partial charge in [-0.1, -0.05) is 6.58 Å². The second-order valence-electron chi connectivity index (χ2n) is 10.9. The number of nitrogens with one attached hydrogen (secondary N) is 1. The molecule has 5 aliphatic rings. The number of hydrogen-bond donors (Lipinski definition) is 1. The van der Waals surface area contributed by atoms with Crippen molar-refractivity contribution in [3.05, 3.63) is 41.6 Å². The van der Waals surface area contributed by atoms with Crippen molar-refractivity contribution in [3.8, 4) is 5.75 Å². The van der Waals surface area contributed by atoms with Gasteiger partial charge in [0, 0.05) is 30.5 Å². The van der Waals surface area contributed by atoms with E-state index in [4.69, 9.17) is 9.47 Å². The van der Waals surface area contributed by atoms with E-state index < -0.39 is 6.04 Å². The zero-order valence-electron chi connectivity index (χ0n) is 19.9. The molecule has 1 saturated carbocycles. The van der Waals surface area contributed by atoms with E-state index in [2.05, 4.69) is 16.8 Å². The van der Waals surface area contributed by atoms with E-state index in [-0.39, 0.29) is 17.9 Å². The summed E-state index contributed by atoms with van der Waals surface area (Å²) in [6.45, 7) is 8.44. The number of ether oxygens (including phenoxy) is 2. The third kappa shape index (κ3) is 3.93. The van der Waals surface area contributed by atoms with Crippen LogP contribution in [0.4, 0.5) is 0 Å². The van der Waals surface area contributed by atoms with E-state index in [1.165, 1.54) is 32.1 Å². The Bertz CT molecular complexity index is 992.